The van der Waals surface area contributed by atoms with Crippen LogP contribution in [0.1, 0.15) is 18.4 Å². The monoisotopic (exact) mass is 294 g/mol. The van der Waals surface area contributed by atoms with E-state index in [0.717, 1.165) is 63.3 Å². The van der Waals surface area contributed by atoms with Crippen LogP contribution in [0.15, 0.2) is 12.1 Å². The third-order valence-electron chi connectivity index (χ3n) is 4.03. The number of piperazine rings is 1. The van der Waals surface area contributed by atoms with E-state index in [-0.39, 0.29) is 11.9 Å². The van der Waals surface area contributed by atoms with E-state index in [1.54, 1.807) is 13.2 Å². The van der Waals surface area contributed by atoms with Crippen LogP contribution in [0, 0.1) is 5.82 Å². The van der Waals surface area contributed by atoms with Crippen molar-refractivity contribution in [1.29, 1.82) is 0 Å². The standard InChI is InChI=1S/C16H23FN2O2/c1-20-15-11-13(17)10-12(16(15)21-14-2-3-14)4-7-19-8-5-18-6-9-19/h10-11,14,18H,2-9H2,1H3. The molecule has 0 unspecified atom stereocenters. The molecule has 2 fully saturated rings. The lowest BCUT2D eigenvalue weighted by atomic mass is 10.1. The summed E-state index contributed by atoms with van der Waals surface area (Å²) in [7, 11) is 1.56. The Morgan fingerprint density at radius 2 is 2.05 bits per heavy atom. The van der Waals surface area contributed by atoms with Gasteiger partial charge in [0.25, 0.3) is 0 Å². The fourth-order valence-electron chi connectivity index (χ4n) is 2.66. The first-order chi connectivity index (χ1) is 10.3. The van der Waals surface area contributed by atoms with Crippen LogP contribution in [0.5, 0.6) is 11.5 Å². The first kappa shape index (κ1) is 14.6. The molecule has 2 aliphatic rings. The van der Waals surface area contributed by atoms with Gasteiger partial charge in [-0.1, -0.05) is 0 Å². The van der Waals surface area contributed by atoms with Crippen LogP contribution in [-0.4, -0.2) is 50.8 Å². The van der Waals surface area contributed by atoms with Crippen molar-refractivity contribution in [1.82, 2.24) is 10.2 Å². The maximum Gasteiger partial charge on any atom is 0.165 e. The van der Waals surface area contributed by atoms with Gasteiger partial charge in [-0.2, -0.15) is 0 Å². The Morgan fingerprint density at radius 1 is 1.29 bits per heavy atom. The Kier molecular flexibility index (Phi) is 4.60. The second kappa shape index (κ2) is 6.62. The van der Waals surface area contributed by atoms with Gasteiger partial charge >= 0.3 is 0 Å². The van der Waals surface area contributed by atoms with Gasteiger partial charge in [-0.05, 0) is 25.3 Å². The summed E-state index contributed by atoms with van der Waals surface area (Å²) in [6.07, 6.45) is 3.23. The van der Waals surface area contributed by atoms with Crippen LogP contribution in [-0.2, 0) is 6.42 Å². The molecule has 4 nitrogen and oxygen atoms in total. The molecule has 5 heteroatoms. The number of benzene rings is 1. The lowest BCUT2D eigenvalue weighted by molar-refractivity contribution is 0.240. The predicted molar refractivity (Wildman–Crippen MR) is 79.6 cm³/mol. The lowest BCUT2D eigenvalue weighted by Crippen LogP contribution is -2.44. The maximum absolute atomic E-state index is 13.8. The van der Waals surface area contributed by atoms with Crippen LogP contribution in [0.4, 0.5) is 4.39 Å². The SMILES string of the molecule is COc1cc(F)cc(CCN2CCNCC2)c1OC1CC1. The molecule has 0 amide bonds. The lowest BCUT2D eigenvalue weighted by Gasteiger charge is -2.27. The van der Waals surface area contributed by atoms with Crippen molar-refractivity contribution in [3.8, 4) is 11.5 Å². The summed E-state index contributed by atoms with van der Waals surface area (Å²) in [6, 6.07) is 2.99. The van der Waals surface area contributed by atoms with E-state index in [9.17, 15) is 4.39 Å². The summed E-state index contributed by atoms with van der Waals surface area (Å²) in [5.74, 6) is 0.985. The molecule has 21 heavy (non-hydrogen) atoms. The molecule has 1 N–H and O–H groups in total. The minimum Gasteiger partial charge on any atom is -0.493 e. The van der Waals surface area contributed by atoms with E-state index in [0.29, 0.717) is 5.75 Å². The highest BCUT2D eigenvalue weighted by molar-refractivity contribution is 5.47. The molecule has 1 aliphatic heterocycles. The number of hydrogen-bond acceptors (Lipinski definition) is 4. The van der Waals surface area contributed by atoms with Crippen molar-refractivity contribution >= 4 is 0 Å². The van der Waals surface area contributed by atoms with E-state index < -0.39 is 0 Å². The number of hydrogen-bond donors (Lipinski definition) is 1. The quantitative estimate of drug-likeness (QED) is 0.868. The van der Waals surface area contributed by atoms with Gasteiger partial charge in [0.15, 0.2) is 11.5 Å². The van der Waals surface area contributed by atoms with Gasteiger partial charge in [0, 0.05) is 44.4 Å². The van der Waals surface area contributed by atoms with E-state index in [4.69, 9.17) is 9.47 Å². The molecule has 1 saturated carbocycles. The molecule has 0 atom stereocenters. The number of methoxy groups -OCH3 is 1. The topological polar surface area (TPSA) is 33.7 Å². The number of ether oxygens (including phenoxy) is 2. The predicted octanol–water partition coefficient (Wildman–Crippen LogP) is 1.82. The fourth-order valence-corrected chi connectivity index (χ4v) is 2.66. The minimum atomic E-state index is -0.259. The summed E-state index contributed by atoms with van der Waals surface area (Å²) < 4.78 is 25.0. The van der Waals surface area contributed by atoms with Crippen molar-refractivity contribution < 1.29 is 13.9 Å². The molecule has 3 rings (SSSR count). The molecule has 0 spiro atoms. The molecule has 0 bridgehead atoms. The first-order valence-corrected chi connectivity index (χ1v) is 7.72. The zero-order chi connectivity index (χ0) is 14.7. The molecular weight excluding hydrogens is 271 g/mol. The molecule has 1 aromatic carbocycles. The van der Waals surface area contributed by atoms with Crippen molar-refractivity contribution in [3.63, 3.8) is 0 Å². The summed E-state index contributed by atoms with van der Waals surface area (Å²) in [4.78, 5) is 2.40. The third-order valence-corrected chi connectivity index (χ3v) is 4.03. The number of rotatable bonds is 6. The first-order valence-electron chi connectivity index (χ1n) is 7.72. The van der Waals surface area contributed by atoms with Crippen LogP contribution >= 0.6 is 0 Å². The molecule has 0 aromatic heterocycles. The van der Waals surface area contributed by atoms with Crippen molar-refractivity contribution in [2.24, 2.45) is 0 Å². The van der Waals surface area contributed by atoms with Crippen molar-refractivity contribution in [2.75, 3.05) is 39.8 Å². The van der Waals surface area contributed by atoms with Gasteiger partial charge in [0.05, 0.1) is 13.2 Å². The molecule has 1 saturated heterocycles. The molecule has 1 aromatic rings. The van der Waals surface area contributed by atoms with Crippen LogP contribution in [0.3, 0.4) is 0 Å². The number of nitrogens with zero attached hydrogens (tertiary/aromatic N) is 1. The summed E-state index contributed by atoms with van der Waals surface area (Å²) in [5.41, 5.74) is 0.914. The Labute approximate surface area is 125 Å². The number of halogens is 1. The van der Waals surface area contributed by atoms with Gasteiger partial charge in [0.1, 0.15) is 5.82 Å². The Morgan fingerprint density at radius 3 is 2.71 bits per heavy atom. The van der Waals surface area contributed by atoms with Crippen molar-refractivity contribution in [2.45, 2.75) is 25.4 Å². The Hall–Kier alpha value is -1.33. The average molecular weight is 294 g/mol. The zero-order valence-electron chi connectivity index (χ0n) is 12.5. The molecular formula is C16H23FN2O2. The van der Waals surface area contributed by atoms with E-state index in [2.05, 4.69) is 10.2 Å². The fraction of sp³-hybridized carbons (Fsp3) is 0.625. The van der Waals surface area contributed by atoms with Crippen molar-refractivity contribution in [3.05, 3.63) is 23.5 Å². The normalized spacial score (nSPS) is 19.5. The highest BCUT2D eigenvalue weighted by Gasteiger charge is 2.27. The van der Waals surface area contributed by atoms with Gasteiger partial charge in [-0.25, -0.2) is 4.39 Å². The summed E-state index contributed by atoms with van der Waals surface area (Å²) in [6.45, 7) is 5.07. The van der Waals surface area contributed by atoms with Gasteiger partial charge in [0.2, 0.25) is 0 Å². The smallest absolute Gasteiger partial charge is 0.165 e. The van der Waals surface area contributed by atoms with E-state index in [1.807, 2.05) is 0 Å². The highest BCUT2D eigenvalue weighted by Crippen LogP contribution is 2.37. The largest absolute Gasteiger partial charge is 0.493 e. The highest BCUT2D eigenvalue weighted by atomic mass is 19.1. The molecule has 0 radical (unpaired) electrons. The molecule has 1 heterocycles. The van der Waals surface area contributed by atoms with Crippen LogP contribution in [0.2, 0.25) is 0 Å². The molecule has 1 aliphatic carbocycles. The van der Waals surface area contributed by atoms with Crippen LogP contribution in [0.25, 0.3) is 0 Å². The zero-order valence-corrected chi connectivity index (χ0v) is 12.5. The Balaban J connectivity index is 1.72. The molecule has 116 valence electrons. The van der Waals surface area contributed by atoms with Crippen LogP contribution < -0.4 is 14.8 Å². The second-order valence-corrected chi connectivity index (χ2v) is 5.76. The van der Waals surface area contributed by atoms with E-state index in [1.165, 1.54) is 6.07 Å². The number of nitrogens with one attached hydrogen (secondary N) is 1. The van der Waals surface area contributed by atoms with Gasteiger partial charge in [-0.15, -0.1) is 0 Å². The minimum absolute atomic E-state index is 0.259. The van der Waals surface area contributed by atoms with Gasteiger partial charge in [-0.3, -0.25) is 0 Å². The van der Waals surface area contributed by atoms with E-state index >= 15 is 0 Å². The summed E-state index contributed by atoms with van der Waals surface area (Å²) in [5, 5.41) is 3.34. The summed E-state index contributed by atoms with van der Waals surface area (Å²) >= 11 is 0. The third kappa shape index (κ3) is 3.86. The Bertz CT molecular complexity index is 485. The average Bonchev–Trinajstić information content (AvgIpc) is 3.32. The van der Waals surface area contributed by atoms with Gasteiger partial charge < -0.3 is 19.7 Å². The second-order valence-electron chi connectivity index (χ2n) is 5.76. The maximum atomic E-state index is 13.8.